The van der Waals surface area contributed by atoms with E-state index in [1.807, 2.05) is 30.3 Å². The summed E-state index contributed by atoms with van der Waals surface area (Å²) in [6, 6.07) is 16.2. The summed E-state index contributed by atoms with van der Waals surface area (Å²) in [5, 5.41) is 0.816. The van der Waals surface area contributed by atoms with E-state index in [1.54, 1.807) is 0 Å². The molecule has 0 radical (unpaired) electrons. The van der Waals surface area contributed by atoms with Crippen LogP contribution in [0.3, 0.4) is 0 Å². The van der Waals surface area contributed by atoms with Crippen molar-refractivity contribution in [2.45, 2.75) is 31.8 Å². The molecule has 2 nitrogen and oxygen atoms in total. The lowest BCUT2D eigenvalue weighted by molar-refractivity contribution is -0.0103. The van der Waals surface area contributed by atoms with Crippen LogP contribution in [0.4, 0.5) is 0 Å². The fourth-order valence-electron chi connectivity index (χ4n) is 2.48. The van der Waals surface area contributed by atoms with Gasteiger partial charge < -0.3 is 9.47 Å². The Morgan fingerprint density at radius 2 is 1.73 bits per heavy atom. The van der Waals surface area contributed by atoms with E-state index in [0.717, 1.165) is 22.8 Å². The van der Waals surface area contributed by atoms with Gasteiger partial charge in [0.15, 0.2) is 0 Å². The Hall–Kier alpha value is -1.51. The molecule has 116 valence electrons. The summed E-state index contributed by atoms with van der Waals surface area (Å²) in [7, 11) is 0. The van der Waals surface area contributed by atoms with E-state index >= 15 is 0 Å². The minimum absolute atomic E-state index is 0.474. The molecule has 1 aliphatic rings. The summed E-state index contributed by atoms with van der Waals surface area (Å²) in [4.78, 5) is 0. The first-order valence-corrected chi connectivity index (χ1v) is 8.26. The summed E-state index contributed by atoms with van der Waals surface area (Å²) in [5.41, 5.74) is 2.37. The van der Waals surface area contributed by atoms with Gasteiger partial charge in [-0.05, 0) is 55.0 Å². The first-order chi connectivity index (χ1) is 10.8. The van der Waals surface area contributed by atoms with Crippen LogP contribution in [0.1, 0.15) is 30.4 Å². The minimum atomic E-state index is 0.474. The molecule has 3 heteroatoms. The smallest absolute Gasteiger partial charge is 0.119 e. The van der Waals surface area contributed by atoms with Gasteiger partial charge in [-0.1, -0.05) is 41.9 Å². The Morgan fingerprint density at radius 3 is 2.41 bits per heavy atom. The number of ether oxygens (including phenoxy) is 2. The summed E-state index contributed by atoms with van der Waals surface area (Å²) in [6.45, 7) is 1.28. The van der Waals surface area contributed by atoms with Gasteiger partial charge in [0, 0.05) is 5.02 Å². The van der Waals surface area contributed by atoms with E-state index in [2.05, 4.69) is 18.2 Å². The zero-order valence-electron chi connectivity index (χ0n) is 12.6. The Labute approximate surface area is 137 Å². The van der Waals surface area contributed by atoms with Crippen LogP contribution in [0.2, 0.25) is 5.02 Å². The molecule has 2 aromatic carbocycles. The molecule has 0 atom stereocenters. The first-order valence-electron chi connectivity index (χ1n) is 7.88. The van der Waals surface area contributed by atoms with Crippen LogP contribution in [-0.2, 0) is 11.2 Å². The standard InChI is InChI=1S/C19H21ClO2/c20-19-7-2-1-4-16(19)14-15-8-10-18(11-9-15)22-13-12-21-17-5-3-6-17/h1-2,4,7-11,17H,3,5-6,12-14H2. The SMILES string of the molecule is Clc1ccccc1Cc1ccc(OCCOC2CCC2)cc1. The molecule has 3 rings (SSSR count). The fraction of sp³-hybridized carbons (Fsp3) is 0.368. The highest BCUT2D eigenvalue weighted by Crippen LogP contribution is 2.22. The van der Waals surface area contributed by atoms with Crippen molar-refractivity contribution in [3.8, 4) is 5.75 Å². The van der Waals surface area contributed by atoms with E-state index in [1.165, 1.54) is 24.8 Å². The molecule has 1 aliphatic carbocycles. The van der Waals surface area contributed by atoms with E-state index in [9.17, 15) is 0 Å². The average molecular weight is 317 g/mol. The molecule has 22 heavy (non-hydrogen) atoms. The van der Waals surface area contributed by atoms with Crippen molar-refractivity contribution >= 4 is 11.6 Å². The maximum atomic E-state index is 6.19. The number of benzene rings is 2. The van der Waals surface area contributed by atoms with Crippen LogP contribution in [0, 0.1) is 0 Å². The molecule has 0 saturated heterocycles. The van der Waals surface area contributed by atoms with E-state index < -0.39 is 0 Å². The maximum Gasteiger partial charge on any atom is 0.119 e. The van der Waals surface area contributed by atoms with Crippen molar-refractivity contribution in [1.29, 1.82) is 0 Å². The lowest BCUT2D eigenvalue weighted by Gasteiger charge is -2.25. The quantitative estimate of drug-likeness (QED) is 0.678. The Kier molecular flexibility index (Phi) is 5.36. The first kappa shape index (κ1) is 15.4. The molecule has 0 aromatic heterocycles. The van der Waals surface area contributed by atoms with Crippen molar-refractivity contribution in [3.05, 3.63) is 64.7 Å². The maximum absolute atomic E-state index is 6.19. The summed E-state index contributed by atoms with van der Waals surface area (Å²) in [6.07, 6.45) is 5.03. The average Bonchev–Trinajstić information content (AvgIpc) is 2.49. The molecule has 0 N–H and O–H groups in total. The van der Waals surface area contributed by atoms with Crippen molar-refractivity contribution in [2.24, 2.45) is 0 Å². The molecular formula is C19H21ClO2. The van der Waals surface area contributed by atoms with Gasteiger partial charge in [-0.2, -0.15) is 0 Å². The van der Waals surface area contributed by atoms with Gasteiger partial charge in [-0.25, -0.2) is 0 Å². The summed E-state index contributed by atoms with van der Waals surface area (Å²) in [5.74, 6) is 0.889. The van der Waals surface area contributed by atoms with Crippen LogP contribution < -0.4 is 4.74 Å². The minimum Gasteiger partial charge on any atom is -0.491 e. The van der Waals surface area contributed by atoms with Crippen LogP contribution in [0.25, 0.3) is 0 Å². The molecule has 0 unspecified atom stereocenters. The normalized spacial score (nSPS) is 14.6. The monoisotopic (exact) mass is 316 g/mol. The third-order valence-corrected chi connectivity index (χ3v) is 4.40. The largest absolute Gasteiger partial charge is 0.491 e. The highest BCUT2D eigenvalue weighted by atomic mass is 35.5. The second kappa shape index (κ2) is 7.66. The number of hydrogen-bond acceptors (Lipinski definition) is 2. The van der Waals surface area contributed by atoms with Gasteiger partial charge in [0.05, 0.1) is 12.7 Å². The van der Waals surface area contributed by atoms with Gasteiger partial charge in [0.2, 0.25) is 0 Å². The Morgan fingerprint density at radius 1 is 0.955 bits per heavy atom. The highest BCUT2D eigenvalue weighted by molar-refractivity contribution is 6.31. The van der Waals surface area contributed by atoms with Crippen LogP contribution >= 0.6 is 11.6 Å². The molecule has 0 aliphatic heterocycles. The van der Waals surface area contributed by atoms with Crippen LogP contribution in [0.5, 0.6) is 5.75 Å². The number of halogens is 1. The zero-order chi connectivity index (χ0) is 15.2. The fourth-order valence-corrected chi connectivity index (χ4v) is 2.68. The van der Waals surface area contributed by atoms with Crippen molar-refractivity contribution < 1.29 is 9.47 Å². The van der Waals surface area contributed by atoms with Crippen LogP contribution in [-0.4, -0.2) is 19.3 Å². The van der Waals surface area contributed by atoms with E-state index in [0.29, 0.717) is 19.3 Å². The summed E-state index contributed by atoms with van der Waals surface area (Å²) < 4.78 is 11.4. The third-order valence-electron chi connectivity index (χ3n) is 4.03. The highest BCUT2D eigenvalue weighted by Gasteiger charge is 2.17. The zero-order valence-corrected chi connectivity index (χ0v) is 13.4. The summed E-state index contributed by atoms with van der Waals surface area (Å²) >= 11 is 6.19. The molecule has 1 saturated carbocycles. The van der Waals surface area contributed by atoms with Crippen molar-refractivity contribution in [3.63, 3.8) is 0 Å². The number of hydrogen-bond donors (Lipinski definition) is 0. The predicted octanol–water partition coefficient (Wildman–Crippen LogP) is 4.88. The lowest BCUT2D eigenvalue weighted by Crippen LogP contribution is -2.23. The molecular weight excluding hydrogens is 296 g/mol. The molecule has 0 amide bonds. The van der Waals surface area contributed by atoms with Gasteiger partial charge in [0.25, 0.3) is 0 Å². The van der Waals surface area contributed by atoms with Gasteiger partial charge in [0.1, 0.15) is 12.4 Å². The van der Waals surface area contributed by atoms with Gasteiger partial charge >= 0.3 is 0 Å². The van der Waals surface area contributed by atoms with E-state index in [4.69, 9.17) is 21.1 Å². The Balaban J connectivity index is 1.46. The van der Waals surface area contributed by atoms with Crippen LogP contribution in [0.15, 0.2) is 48.5 Å². The molecule has 2 aromatic rings. The van der Waals surface area contributed by atoms with Gasteiger partial charge in [-0.3, -0.25) is 0 Å². The second-order valence-corrected chi connectivity index (χ2v) is 6.09. The lowest BCUT2D eigenvalue weighted by atomic mass is 9.96. The molecule has 0 spiro atoms. The molecule has 0 bridgehead atoms. The number of rotatable bonds is 7. The Bertz CT molecular complexity index is 591. The molecule has 1 fully saturated rings. The van der Waals surface area contributed by atoms with Crippen molar-refractivity contribution in [2.75, 3.05) is 13.2 Å². The predicted molar refractivity (Wildman–Crippen MR) is 89.8 cm³/mol. The second-order valence-electron chi connectivity index (χ2n) is 5.68. The topological polar surface area (TPSA) is 18.5 Å². The molecule has 0 heterocycles. The van der Waals surface area contributed by atoms with Gasteiger partial charge in [-0.15, -0.1) is 0 Å². The third kappa shape index (κ3) is 4.25. The van der Waals surface area contributed by atoms with E-state index in [-0.39, 0.29) is 0 Å². The van der Waals surface area contributed by atoms with Crippen molar-refractivity contribution in [1.82, 2.24) is 0 Å².